The van der Waals surface area contributed by atoms with Crippen LogP contribution in [0.5, 0.6) is 0 Å². The van der Waals surface area contributed by atoms with Crippen molar-refractivity contribution >= 4 is 11.8 Å². The van der Waals surface area contributed by atoms with Crippen LogP contribution in [0.1, 0.15) is 36.0 Å². The third-order valence-corrected chi connectivity index (χ3v) is 3.51. The van der Waals surface area contributed by atoms with Gasteiger partial charge in [-0.05, 0) is 25.8 Å². The molecule has 1 aliphatic heterocycles. The number of anilines is 1. The average Bonchev–Trinajstić information content (AvgIpc) is 3.26. The third-order valence-electron chi connectivity index (χ3n) is 3.51. The Balaban J connectivity index is 2.00. The number of esters is 1. The second-order valence-corrected chi connectivity index (χ2v) is 5.03. The molecule has 0 bridgehead atoms. The SMILES string of the molecule is CCOC(=O)c1nnc(-c2cc(C#N)cnc2N2CCCC2)o1. The highest BCUT2D eigenvalue weighted by atomic mass is 16.5. The lowest BCUT2D eigenvalue weighted by atomic mass is 10.2. The van der Waals surface area contributed by atoms with E-state index in [1.165, 1.54) is 6.20 Å². The van der Waals surface area contributed by atoms with Crippen LogP contribution >= 0.6 is 0 Å². The second-order valence-electron chi connectivity index (χ2n) is 5.03. The Morgan fingerprint density at radius 3 is 2.91 bits per heavy atom. The molecule has 0 unspecified atom stereocenters. The van der Waals surface area contributed by atoms with Crippen molar-refractivity contribution < 1.29 is 13.9 Å². The maximum absolute atomic E-state index is 11.7. The predicted octanol–water partition coefficient (Wildman–Crippen LogP) is 1.78. The van der Waals surface area contributed by atoms with Crippen molar-refractivity contribution in [2.75, 3.05) is 24.6 Å². The van der Waals surface area contributed by atoms with Gasteiger partial charge in [-0.2, -0.15) is 5.26 Å². The number of pyridine rings is 1. The van der Waals surface area contributed by atoms with E-state index in [1.54, 1.807) is 13.0 Å². The fourth-order valence-corrected chi connectivity index (χ4v) is 2.46. The van der Waals surface area contributed by atoms with Gasteiger partial charge in [0.2, 0.25) is 0 Å². The van der Waals surface area contributed by atoms with Crippen LogP contribution in [0.4, 0.5) is 5.82 Å². The molecule has 0 amide bonds. The van der Waals surface area contributed by atoms with Gasteiger partial charge in [0.05, 0.1) is 17.7 Å². The first-order chi connectivity index (χ1) is 11.2. The van der Waals surface area contributed by atoms with Crippen LogP contribution in [0.15, 0.2) is 16.7 Å². The van der Waals surface area contributed by atoms with E-state index < -0.39 is 5.97 Å². The van der Waals surface area contributed by atoms with Gasteiger partial charge in [0.25, 0.3) is 5.89 Å². The van der Waals surface area contributed by atoms with Crippen LogP contribution in [0, 0.1) is 11.3 Å². The van der Waals surface area contributed by atoms with Crippen molar-refractivity contribution in [3.05, 3.63) is 23.7 Å². The molecule has 0 aromatic carbocycles. The normalized spacial score (nSPS) is 13.8. The zero-order valence-electron chi connectivity index (χ0n) is 12.7. The number of nitriles is 1. The minimum Gasteiger partial charge on any atom is -0.459 e. The van der Waals surface area contributed by atoms with Gasteiger partial charge in [-0.15, -0.1) is 10.2 Å². The number of rotatable bonds is 4. The zero-order chi connectivity index (χ0) is 16.2. The fraction of sp³-hybridized carbons (Fsp3) is 0.400. The van der Waals surface area contributed by atoms with Crippen molar-refractivity contribution in [3.63, 3.8) is 0 Å². The lowest BCUT2D eigenvalue weighted by molar-refractivity contribution is 0.0481. The first-order valence-corrected chi connectivity index (χ1v) is 7.39. The van der Waals surface area contributed by atoms with Crippen LogP contribution in [0.2, 0.25) is 0 Å². The first kappa shape index (κ1) is 15.0. The van der Waals surface area contributed by atoms with Crippen molar-refractivity contribution in [2.24, 2.45) is 0 Å². The molecule has 0 radical (unpaired) electrons. The summed E-state index contributed by atoms with van der Waals surface area (Å²) in [5, 5.41) is 16.7. The summed E-state index contributed by atoms with van der Waals surface area (Å²) in [6, 6.07) is 3.68. The van der Waals surface area contributed by atoms with Gasteiger partial charge in [0.15, 0.2) is 0 Å². The van der Waals surface area contributed by atoms with Gasteiger partial charge in [-0.3, -0.25) is 0 Å². The average molecular weight is 313 g/mol. The summed E-state index contributed by atoms with van der Waals surface area (Å²) in [4.78, 5) is 18.1. The number of carbonyl (C=O) groups is 1. The summed E-state index contributed by atoms with van der Waals surface area (Å²) in [5.74, 6) is -0.0462. The Labute approximate surface area is 132 Å². The quantitative estimate of drug-likeness (QED) is 0.786. The molecule has 0 aliphatic carbocycles. The molecular weight excluding hydrogens is 298 g/mol. The number of ether oxygens (including phenoxy) is 1. The largest absolute Gasteiger partial charge is 0.459 e. The van der Waals surface area contributed by atoms with Crippen molar-refractivity contribution in [1.29, 1.82) is 5.26 Å². The van der Waals surface area contributed by atoms with E-state index in [-0.39, 0.29) is 18.4 Å². The minimum atomic E-state index is -0.668. The molecule has 0 atom stereocenters. The molecule has 8 heteroatoms. The smallest absolute Gasteiger partial charge is 0.396 e. The third kappa shape index (κ3) is 2.99. The number of nitrogens with zero attached hydrogens (tertiary/aromatic N) is 5. The monoisotopic (exact) mass is 313 g/mol. The van der Waals surface area contributed by atoms with Gasteiger partial charge < -0.3 is 14.1 Å². The molecule has 2 aromatic rings. The lowest BCUT2D eigenvalue weighted by Gasteiger charge is -2.18. The van der Waals surface area contributed by atoms with Gasteiger partial charge in [-0.1, -0.05) is 0 Å². The molecule has 8 nitrogen and oxygen atoms in total. The van der Waals surface area contributed by atoms with Gasteiger partial charge in [0, 0.05) is 19.3 Å². The van der Waals surface area contributed by atoms with Crippen molar-refractivity contribution in [2.45, 2.75) is 19.8 Å². The molecule has 118 valence electrons. The molecule has 0 spiro atoms. The summed E-state index contributed by atoms with van der Waals surface area (Å²) < 4.78 is 10.2. The number of carbonyl (C=O) groups excluding carboxylic acids is 1. The summed E-state index contributed by atoms with van der Waals surface area (Å²) >= 11 is 0. The number of hydrogen-bond acceptors (Lipinski definition) is 8. The highest BCUT2D eigenvalue weighted by Gasteiger charge is 2.23. The van der Waals surface area contributed by atoms with E-state index in [2.05, 4.69) is 20.1 Å². The Bertz CT molecular complexity index is 759. The van der Waals surface area contributed by atoms with E-state index in [1.807, 2.05) is 6.07 Å². The van der Waals surface area contributed by atoms with E-state index in [9.17, 15) is 4.79 Å². The Morgan fingerprint density at radius 1 is 1.43 bits per heavy atom. The van der Waals surface area contributed by atoms with Gasteiger partial charge in [-0.25, -0.2) is 9.78 Å². The predicted molar refractivity (Wildman–Crippen MR) is 79.6 cm³/mol. The number of aromatic nitrogens is 3. The maximum Gasteiger partial charge on any atom is 0.396 e. The molecule has 0 N–H and O–H groups in total. The molecule has 1 fully saturated rings. The Hall–Kier alpha value is -2.95. The highest BCUT2D eigenvalue weighted by Crippen LogP contribution is 2.31. The standard InChI is InChI=1S/C15H15N5O3/c1-2-22-15(21)14-19-18-13(23-14)11-7-10(8-16)9-17-12(11)20-5-3-4-6-20/h7,9H,2-6H2,1H3. The Morgan fingerprint density at radius 2 is 2.22 bits per heavy atom. The summed E-state index contributed by atoms with van der Waals surface area (Å²) in [6.07, 6.45) is 3.68. The van der Waals surface area contributed by atoms with Crippen LogP contribution < -0.4 is 4.90 Å². The van der Waals surface area contributed by atoms with E-state index >= 15 is 0 Å². The van der Waals surface area contributed by atoms with Crippen LogP contribution in [-0.4, -0.2) is 40.8 Å². The maximum atomic E-state index is 11.7. The first-order valence-electron chi connectivity index (χ1n) is 7.39. The summed E-state index contributed by atoms with van der Waals surface area (Å²) in [6.45, 7) is 3.68. The molecule has 0 saturated carbocycles. The molecule has 23 heavy (non-hydrogen) atoms. The van der Waals surface area contributed by atoms with E-state index in [0.29, 0.717) is 16.9 Å². The van der Waals surface area contributed by atoms with Crippen molar-refractivity contribution in [1.82, 2.24) is 15.2 Å². The fourth-order valence-electron chi connectivity index (χ4n) is 2.46. The van der Waals surface area contributed by atoms with E-state index in [4.69, 9.17) is 14.4 Å². The second kappa shape index (κ2) is 6.44. The number of hydrogen-bond donors (Lipinski definition) is 0. The molecule has 2 aromatic heterocycles. The van der Waals surface area contributed by atoms with Crippen LogP contribution in [0.25, 0.3) is 11.5 Å². The van der Waals surface area contributed by atoms with Crippen LogP contribution in [0.3, 0.4) is 0 Å². The molecule has 3 rings (SSSR count). The molecule has 3 heterocycles. The summed E-state index contributed by atoms with van der Waals surface area (Å²) in [7, 11) is 0. The van der Waals surface area contributed by atoms with E-state index in [0.717, 1.165) is 25.9 Å². The topological polar surface area (TPSA) is 105 Å². The van der Waals surface area contributed by atoms with Crippen molar-refractivity contribution in [3.8, 4) is 17.5 Å². The zero-order valence-corrected chi connectivity index (χ0v) is 12.7. The summed E-state index contributed by atoms with van der Waals surface area (Å²) in [5.41, 5.74) is 0.938. The van der Waals surface area contributed by atoms with Crippen LogP contribution in [-0.2, 0) is 4.74 Å². The van der Waals surface area contributed by atoms with Gasteiger partial charge >= 0.3 is 11.9 Å². The lowest BCUT2D eigenvalue weighted by Crippen LogP contribution is -2.20. The molecular formula is C15H15N5O3. The van der Waals surface area contributed by atoms with Gasteiger partial charge in [0.1, 0.15) is 11.9 Å². The Kier molecular flexibility index (Phi) is 4.19. The highest BCUT2D eigenvalue weighted by molar-refractivity contribution is 5.84. The minimum absolute atomic E-state index is 0.152. The molecule has 1 saturated heterocycles. The molecule has 1 aliphatic rings.